The van der Waals surface area contributed by atoms with E-state index >= 15 is 0 Å². The molecule has 0 saturated carbocycles. The summed E-state index contributed by atoms with van der Waals surface area (Å²) < 4.78 is 10.1. The number of phenols is 1. The van der Waals surface area contributed by atoms with E-state index in [0.717, 1.165) is 11.3 Å². The van der Waals surface area contributed by atoms with Gasteiger partial charge in [-0.05, 0) is 48.0 Å². The first-order chi connectivity index (χ1) is 13.5. The predicted molar refractivity (Wildman–Crippen MR) is 109 cm³/mol. The Morgan fingerprint density at radius 2 is 1.82 bits per heavy atom. The molecule has 0 fully saturated rings. The van der Waals surface area contributed by atoms with Gasteiger partial charge < -0.3 is 19.9 Å². The summed E-state index contributed by atoms with van der Waals surface area (Å²) in [6.07, 6.45) is 1.62. The van der Waals surface area contributed by atoms with Gasteiger partial charge in [-0.2, -0.15) is 0 Å². The maximum Gasteiger partial charge on any atom is 0.286 e. The summed E-state index contributed by atoms with van der Waals surface area (Å²) in [4.78, 5) is 12.3. The molecule has 3 aromatic rings. The Kier molecular flexibility index (Phi) is 6.13. The van der Waals surface area contributed by atoms with E-state index in [0.29, 0.717) is 32.8 Å². The SMILES string of the molecule is COc1ccc(NC(=O)c2nnc(/C(Cl)=C/c3ccc(OC)c(O)c3)s2)cc1. The predicted octanol–water partition coefficient (Wildman–Crippen LogP) is 4.25. The van der Waals surface area contributed by atoms with Gasteiger partial charge in [-0.25, -0.2) is 0 Å². The van der Waals surface area contributed by atoms with E-state index in [1.54, 1.807) is 49.6 Å². The van der Waals surface area contributed by atoms with Gasteiger partial charge in [0.15, 0.2) is 16.5 Å². The number of aromatic hydroxyl groups is 1. The van der Waals surface area contributed by atoms with Crippen molar-refractivity contribution in [1.82, 2.24) is 10.2 Å². The van der Waals surface area contributed by atoms with Crippen molar-refractivity contribution < 1.29 is 19.4 Å². The lowest BCUT2D eigenvalue weighted by Gasteiger charge is -2.04. The molecule has 9 heteroatoms. The minimum absolute atomic E-state index is 0.00228. The fourth-order valence-electron chi connectivity index (χ4n) is 2.28. The van der Waals surface area contributed by atoms with Gasteiger partial charge in [-0.1, -0.05) is 29.0 Å². The maximum atomic E-state index is 12.3. The summed E-state index contributed by atoms with van der Waals surface area (Å²) >= 11 is 7.35. The zero-order chi connectivity index (χ0) is 20.1. The maximum absolute atomic E-state index is 12.3. The molecule has 0 atom stereocenters. The van der Waals surface area contributed by atoms with Gasteiger partial charge in [0.2, 0.25) is 5.01 Å². The molecule has 3 rings (SSSR count). The van der Waals surface area contributed by atoms with E-state index in [9.17, 15) is 9.90 Å². The van der Waals surface area contributed by atoms with Crippen LogP contribution in [0.15, 0.2) is 42.5 Å². The number of carbonyl (C=O) groups excluding carboxylic acids is 1. The second-order valence-corrected chi connectivity index (χ2v) is 6.90. The van der Waals surface area contributed by atoms with Crippen LogP contribution >= 0.6 is 22.9 Å². The Hall–Kier alpha value is -3.10. The number of nitrogens with zero attached hydrogens (tertiary/aromatic N) is 2. The molecule has 7 nitrogen and oxygen atoms in total. The molecule has 2 N–H and O–H groups in total. The number of methoxy groups -OCH3 is 2. The molecule has 2 aromatic carbocycles. The molecule has 1 aromatic heterocycles. The third kappa shape index (κ3) is 4.59. The smallest absolute Gasteiger partial charge is 0.286 e. The lowest BCUT2D eigenvalue weighted by atomic mass is 10.2. The Morgan fingerprint density at radius 3 is 2.46 bits per heavy atom. The summed E-state index contributed by atoms with van der Waals surface area (Å²) in [6.45, 7) is 0. The van der Waals surface area contributed by atoms with Gasteiger partial charge in [0.1, 0.15) is 5.75 Å². The number of nitrogens with one attached hydrogen (secondary N) is 1. The van der Waals surface area contributed by atoms with Crippen LogP contribution in [0.4, 0.5) is 5.69 Å². The van der Waals surface area contributed by atoms with E-state index in [4.69, 9.17) is 21.1 Å². The van der Waals surface area contributed by atoms with Crippen LogP contribution in [-0.4, -0.2) is 35.4 Å². The number of hydrogen-bond donors (Lipinski definition) is 2. The van der Waals surface area contributed by atoms with Crippen LogP contribution in [0, 0.1) is 0 Å². The molecular formula is C19H16ClN3O4S. The number of aromatic nitrogens is 2. The van der Waals surface area contributed by atoms with Crippen molar-refractivity contribution in [2.75, 3.05) is 19.5 Å². The van der Waals surface area contributed by atoms with Crippen molar-refractivity contribution in [3.63, 3.8) is 0 Å². The molecule has 0 aliphatic heterocycles. The zero-order valence-corrected chi connectivity index (χ0v) is 16.5. The van der Waals surface area contributed by atoms with Crippen LogP contribution in [0.1, 0.15) is 20.4 Å². The third-order valence-electron chi connectivity index (χ3n) is 3.67. The van der Waals surface area contributed by atoms with Gasteiger partial charge in [0.25, 0.3) is 5.91 Å². The Labute approximate surface area is 170 Å². The topological polar surface area (TPSA) is 93.6 Å². The largest absolute Gasteiger partial charge is 0.504 e. The lowest BCUT2D eigenvalue weighted by Crippen LogP contribution is -2.11. The monoisotopic (exact) mass is 417 g/mol. The van der Waals surface area contributed by atoms with E-state index in [1.807, 2.05) is 0 Å². The van der Waals surface area contributed by atoms with E-state index in [2.05, 4.69) is 15.5 Å². The number of benzene rings is 2. The van der Waals surface area contributed by atoms with Crippen LogP contribution in [0.5, 0.6) is 17.2 Å². The molecule has 144 valence electrons. The lowest BCUT2D eigenvalue weighted by molar-refractivity contribution is 0.102. The second kappa shape index (κ2) is 8.73. The highest BCUT2D eigenvalue weighted by Gasteiger charge is 2.15. The van der Waals surface area contributed by atoms with E-state index < -0.39 is 0 Å². The quantitative estimate of drug-likeness (QED) is 0.622. The van der Waals surface area contributed by atoms with Gasteiger partial charge in [0.05, 0.1) is 19.3 Å². The van der Waals surface area contributed by atoms with Crippen molar-refractivity contribution in [2.45, 2.75) is 0 Å². The molecule has 0 aliphatic rings. The molecule has 0 unspecified atom stereocenters. The Bertz CT molecular complexity index is 1020. The standard InChI is InChI=1S/C19H16ClN3O4S/c1-26-13-6-4-12(5-7-13)21-17(25)19-23-22-18(28-19)14(20)9-11-3-8-16(27-2)15(24)10-11/h3-10,24H,1-2H3,(H,21,25)/b14-9-. The van der Waals surface area contributed by atoms with Crippen LogP contribution in [0.2, 0.25) is 0 Å². The highest BCUT2D eigenvalue weighted by atomic mass is 35.5. The minimum Gasteiger partial charge on any atom is -0.504 e. The van der Waals surface area contributed by atoms with Crippen molar-refractivity contribution in [1.29, 1.82) is 0 Å². The van der Waals surface area contributed by atoms with Crippen LogP contribution < -0.4 is 14.8 Å². The molecule has 1 amide bonds. The van der Waals surface area contributed by atoms with Crippen molar-refractivity contribution in [3.8, 4) is 17.2 Å². The van der Waals surface area contributed by atoms with Gasteiger partial charge in [-0.15, -0.1) is 10.2 Å². The minimum atomic E-state index is -0.388. The molecular weight excluding hydrogens is 402 g/mol. The number of ether oxygens (including phenoxy) is 2. The zero-order valence-electron chi connectivity index (χ0n) is 15.0. The number of hydrogen-bond acceptors (Lipinski definition) is 7. The van der Waals surface area contributed by atoms with E-state index in [-0.39, 0.29) is 16.7 Å². The average molecular weight is 418 g/mol. The van der Waals surface area contributed by atoms with Gasteiger partial charge in [0, 0.05) is 5.69 Å². The summed E-state index contributed by atoms with van der Waals surface area (Å²) in [5, 5.41) is 21.3. The summed E-state index contributed by atoms with van der Waals surface area (Å²) in [5.74, 6) is 0.664. The highest BCUT2D eigenvalue weighted by Crippen LogP contribution is 2.30. The van der Waals surface area contributed by atoms with Crippen molar-refractivity contribution in [3.05, 3.63) is 58.0 Å². The Balaban J connectivity index is 1.73. The summed E-state index contributed by atoms with van der Waals surface area (Å²) in [5.41, 5.74) is 1.26. The van der Waals surface area contributed by atoms with E-state index in [1.165, 1.54) is 13.2 Å². The molecule has 0 radical (unpaired) electrons. The molecule has 0 aliphatic carbocycles. The number of amides is 1. The number of anilines is 1. The first-order valence-electron chi connectivity index (χ1n) is 8.03. The first kappa shape index (κ1) is 19.7. The van der Waals surface area contributed by atoms with Crippen molar-refractivity contribution >= 4 is 45.6 Å². The molecule has 28 heavy (non-hydrogen) atoms. The van der Waals surface area contributed by atoms with Crippen LogP contribution in [0.25, 0.3) is 11.1 Å². The first-order valence-corrected chi connectivity index (χ1v) is 9.23. The molecule has 0 saturated heterocycles. The van der Waals surface area contributed by atoms with Gasteiger partial charge in [-0.3, -0.25) is 4.79 Å². The fourth-order valence-corrected chi connectivity index (χ4v) is 3.20. The molecule has 0 bridgehead atoms. The number of phenolic OH excluding ortho intramolecular Hbond substituents is 1. The number of carbonyl (C=O) groups is 1. The molecule has 1 heterocycles. The van der Waals surface area contributed by atoms with Gasteiger partial charge >= 0.3 is 0 Å². The summed E-state index contributed by atoms with van der Waals surface area (Å²) in [7, 11) is 3.04. The number of rotatable bonds is 6. The number of halogens is 1. The summed E-state index contributed by atoms with van der Waals surface area (Å²) in [6, 6.07) is 11.8. The normalized spacial score (nSPS) is 11.2. The average Bonchev–Trinajstić information content (AvgIpc) is 3.19. The molecule has 0 spiro atoms. The highest BCUT2D eigenvalue weighted by molar-refractivity contribution is 7.15. The van der Waals surface area contributed by atoms with Crippen LogP contribution in [0.3, 0.4) is 0 Å². The third-order valence-corrected chi connectivity index (χ3v) is 5.02. The van der Waals surface area contributed by atoms with Crippen LogP contribution in [-0.2, 0) is 0 Å². The fraction of sp³-hybridized carbons (Fsp3) is 0.105. The second-order valence-electron chi connectivity index (χ2n) is 5.52. The van der Waals surface area contributed by atoms with Crippen molar-refractivity contribution in [2.24, 2.45) is 0 Å². The Morgan fingerprint density at radius 1 is 1.11 bits per heavy atom.